The average Bonchev–Trinajstić information content (AvgIpc) is 2.84. The topological polar surface area (TPSA) is 64.3 Å². The van der Waals surface area contributed by atoms with Gasteiger partial charge in [-0.2, -0.15) is 0 Å². The Kier molecular flexibility index (Phi) is 3.98. The fourth-order valence-corrected chi connectivity index (χ4v) is 2.87. The van der Waals surface area contributed by atoms with Gasteiger partial charge in [0.1, 0.15) is 11.3 Å². The average molecular weight is 262 g/mol. The van der Waals surface area contributed by atoms with Gasteiger partial charge in [0.2, 0.25) is 5.91 Å². The van der Waals surface area contributed by atoms with E-state index in [4.69, 9.17) is 10.5 Å². The molecule has 1 amide bonds. The molecule has 0 heterocycles. The first-order valence-electron chi connectivity index (χ1n) is 6.82. The summed E-state index contributed by atoms with van der Waals surface area (Å²) in [4.78, 5) is 11.9. The summed E-state index contributed by atoms with van der Waals surface area (Å²) in [6.07, 6.45) is 3.76. The van der Waals surface area contributed by atoms with Crippen molar-refractivity contribution in [3.05, 3.63) is 24.3 Å². The number of anilines is 1. The van der Waals surface area contributed by atoms with Crippen molar-refractivity contribution in [2.24, 2.45) is 11.7 Å². The molecule has 1 fully saturated rings. The van der Waals surface area contributed by atoms with Gasteiger partial charge in [-0.1, -0.05) is 19.4 Å². The van der Waals surface area contributed by atoms with E-state index in [1.807, 2.05) is 24.3 Å². The molecule has 1 saturated carbocycles. The maximum absolute atomic E-state index is 11.9. The molecule has 2 atom stereocenters. The predicted octanol–water partition coefficient (Wildman–Crippen LogP) is 2.54. The Bertz CT molecular complexity index is 461. The highest BCUT2D eigenvalue weighted by atomic mass is 16.5. The molecular formula is C15H22N2O2. The van der Waals surface area contributed by atoms with Gasteiger partial charge in [0.25, 0.3) is 0 Å². The third-order valence-electron chi connectivity index (χ3n) is 4.12. The first-order chi connectivity index (χ1) is 9.09. The summed E-state index contributed by atoms with van der Waals surface area (Å²) in [6, 6.07) is 7.62. The Morgan fingerprint density at radius 2 is 2.37 bits per heavy atom. The van der Waals surface area contributed by atoms with E-state index in [-0.39, 0.29) is 5.91 Å². The number of primary amides is 1. The molecule has 19 heavy (non-hydrogen) atoms. The van der Waals surface area contributed by atoms with Crippen LogP contribution in [0.3, 0.4) is 0 Å². The molecule has 4 heteroatoms. The molecule has 2 unspecified atom stereocenters. The van der Waals surface area contributed by atoms with E-state index in [0.29, 0.717) is 5.92 Å². The van der Waals surface area contributed by atoms with Crippen molar-refractivity contribution in [2.45, 2.75) is 38.1 Å². The summed E-state index contributed by atoms with van der Waals surface area (Å²) in [6.45, 7) is 2.16. The fourth-order valence-electron chi connectivity index (χ4n) is 2.87. The van der Waals surface area contributed by atoms with Crippen molar-refractivity contribution in [3.63, 3.8) is 0 Å². The largest absolute Gasteiger partial charge is 0.497 e. The number of carbonyl (C=O) groups excluding carboxylic acids is 1. The molecule has 4 nitrogen and oxygen atoms in total. The van der Waals surface area contributed by atoms with Gasteiger partial charge in [-0.3, -0.25) is 4.79 Å². The number of nitrogens with one attached hydrogen (secondary N) is 1. The van der Waals surface area contributed by atoms with E-state index in [2.05, 4.69) is 12.2 Å². The van der Waals surface area contributed by atoms with Crippen LogP contribution in [-0.4, -0.2) is 18.6 Å². The van der Waals surface area contributed by atoms with Gasteiger partial charge >= 0.3 is 0 Å². The molecule has 2 rings (SSSR count). The number of benzene rings is 1. The highest BCUT2D eigenvalue weighted by Gasteiger charge is 2.43. The van der Waals surface area contributed by atoms with Crippen LogP contribution in [0.1, 0.15) is 32.6 Å². The molecule has 0 radical (unpaired) electrons. The number of hydrogen-bond donors (Lipinski definition) is 2. The Balaban J connectivity index is 2.19. The molecule has 1 aromatic rings. The van der Waals surface area contributed by atoms with Crippen LogP contribution in [-0.2, 0) is 4.79 Å². The third-order valence-corrected chi connectivity index (χ3v) is 4.12. The lowest BCUT2D eigenvalue weighted by molar-refractivity contribution is -0.122. The lowest BCUT2D eigenvalue weighted by Gasteiger charge is -2.28. The Labute approximate surface area is 114 Å². The number of amides is 1. The van der Waals surface area contributed by atoms with Crippen LogP contribution in [0.5, 0.6) is 5.75 Å². The van der Waals surface area contributed by atoms with Gasteiger partial charge in [0.15, 0.2) is 0 Å². The minimum Gasteiger partial charge on any atom is -0.497 e. The fraction of sp³-hybridized carbons (Fsp3) is 0.533. The number of carbonyl (C=O) groups is 1. The van der Waals surface area contributed by atoms with Crippen LogP contribution >= 0.6 is 0 Å². The second kappa shape index (κ2) is 5.51. The molecule has 1 aromatic carbocycles. The smallest absolute Gasteiger partial charge is 0.243 e. The number of ether oxygens (including phenoxy) is 1. The van der Waals surface area contributed by atoms with Crippen LogP contribution in [0.25, 0.3) is 0 Å². The lowest BCUT2D eigenvalue weighted by Crippen LogP contribution is -2.48. The molecule has 1 aliphatic rings. The van der Waals surface area contributed by atoms with Gasteiger partial charge in [0.05, 0.1) is 7.11 Å². The van der Waals surface area contributed by atoms with Crippen LogP contribution < -0.4 is 15.8 Å². The lowest BCUT2D eigenvalue weighted by atomic mass is 9.93. The summed E-state index contributed by atoms with van der Waals surface area (Å²) in [5, 5.41) is 3.34. The van der Waals surface area contributed by atoms with Crippen molar-refractivity contribution >= 4 is 11.6 Å². The Morgan fingerprint density at radius 3 is 2.95 bits per heavy atom. The summed E-state index contributed by atoms with van der Waals surface area (Å²) < 4.78 is 5.20. The van der Waals surface area contributed by atoms with Crippen LogP contribution in [0.4, 0.5) is 5.69 Å². The van der Waals surface area contributed by atoms with E-state index in [0.717, 1.165) is 37.1 Å². The van der Waals surface area contributed by atoms with Gasteiger partial charge < -0.3 is 15.8 Å². The molecular weight excluding hydrogens is 240 g/mol. The standard InChI is InChI=1S/C15H22N2O2/c1-3-11-7-8-15(10-11,14(16)18)17-12-5-4-6-13(9-12)19-2/h4-6,9,11,17H,3,7-8,10H2,1-2H3,(H2,16,18). The highest BCUT2D eigenvalue weighted by Crippen LogP contribution is 2.39. The monoisotopic (exact) mass is 262 g/mol. The molecule has 0 bridgehead atoms. The van der Waals surface area contributed by atoms with Gasteiger partial charge in [-0.15, -0.1) is 0 Å². The van der Waals surface area contributed by atoms with Crippen LogP contribution in [0.15, 0.2) is 24.3 Å². The van der Waals surface area contributed by atoms with Crippen molar-refractivity contribution < 1.29 is 9.53 Å². The van der Waals surface area contributed by atoms with Gasteiger partial charge in [-0.05, 0) is 37.3 Å². The molecule has 0 saturated heterocycles. The minimum absolute atomic E-state index is 0.258. The first-order valence-corrected chi connectivity index (χ1v) is 6.82. The minimum atomic E-state index is -0.604. The van der Waals surface area contributed by atoms with Crippen LogP contribution in [0, 0.1) is 5.92 Å². The molecule has 0 spiro atoms. The van der Waals surface area contributed by atoms with E-state index in [1.54, 1.807) is 7.11 Å². The summed E-state index contributed by atoms with van der Waals surface area (Å²) in [5.74, 6) is 1.09. The second-order valence-electron chi connectivity index (χ2n) is 5.32. The van der Waals surface area contributed by atoms with Crippen molar-refractivity contribution in [1.82, 2.24) is 0 Å². The number of nitrogens with two attached hydrogens (primary N) is 1. The van der Waals surface area contributed by atoms with E-state index in [9.17, 15) is 4.79 Å². The molecule has 104 valence electrons. The zero-order valence-electron chi connectivity index (χ0n) is 11.6. The maximum Gasteiger partial charge on any atom is 0.243 e. The second-order valence-corrected chi connectivity index (χ2v) is 5.32. The number of rotatable bonds is 5. The van der Waals surface area contributed by atoms with Crippen molar-refractivity contribution in [3.8, 4) is 5.75 Å². The van der Waals surface area contributed by atoms with Crippen molar-refractivity contribution in [2.75, 3.05) is 12.4 Å². The number of hydrogen-bond acceptors (Lipinski definition) is 3. The van der Waals surface area contributed by atoms with E-state index >= 15 is 0 Å². The maximum atomic E-state index is 11.9. The predicted molar refractivity (Wildman–Crippen MR) is 76.2 cm³/mol. The zero-order valence-corrected chi connectivity index (χ0v) is 11.6. The van der Waals surface area contributed by atoms with E-state index in [1.165, 1.54) is 0 Å². The molecule has 1 aliphatic carbocycles. The Morgan fingerprint density at radius 1 is 1.58 bits per heavy atom. The third kappa shape index (κ3) is 2.83. The SMILES string of the molecule is CCC1CCC(Nc2cccc(OC)c2)(C(N)=O)C1. The van der Waals surface area contributed by atoms with Crippen LogP contribution in [0.2, 0.25) is 0 Å². The normalized spacial score (nSPS) is 26.1. The van der Waals surface area contributed by atoms with Gasteiger partial charge in [0, 0.05) is 11.8 Å². The Hall–Kier alpha value is -1.71. The quantitative estimate of drug-likeness (QED) is 0.857. The highest BCUT2D eigenvalue weighted by molar-refractivity contribution is 5.88. The number of methoxy groups -OCH3 is 1. The van der Waals surface area contributed by atoms with E-state index < -0.39 is 5.54 Å². The summed E-state index contributed by atoms with van der Waals surface area (Å²) >= 11 is 0. The molecule has 0 aliphatic heterocycles. The first kappa shape index (κ1) is 13.7. The summed E-state index contributed by atoms with van der Waals surface area (Å²) in [7, 11) is 1.63. The zero-order chi connectivity index (χ0) is 13.9. The van der Waals surface area contributed by atoms with Gasteiger partial charge in [-0.25, -0.2) is 0 Å². The molecule has 3 N–H and O–H groups in total. The summed E-state index contributed by atoms with van der Waals surface area (Å²) in [5.41, 5.74) is 5.92. The van der Waals surface area contributed by atoms with Crippen molar-refractivity contribution in [1.29, 1.82) is 0 Å². The molecule has 0 aromatic heterocycles.